The number of carbonyl (C=O) groups is 2. The van der Waals surface area contributed by atoms with E-state index in [1.807, 2.05) is 39.5 Å². The molecular weight excluding hydrogens is 372 g/mol. The molecule has 1 aliphatic heterocycles. The zero-order chi connectivity index (χ0) is 20.4. The summed E-state index contributed by atoms with van der Waals surface area (Å²) in [7, 11) is 1.27. The van der Waals surface area contributed by atoms with E-state index in [-0.39, 0.29) is 29.0 Å². The lowest BCUT2D eigenvalue weighted by Crippen LogP contribution is -2.60. The average molecular weight is 399 g/mol. The topological polar surface area (TPSA) is 84.9 Å². The Balaban J connectivity index is 2.22. The van der Waals surface area contributed by atoms with Crippen molar-refractivity contribution in [2.45, 2.75) is 58.7 Å². The zero-order valence-electron chi connectivity index (χ0n) is 16.7. The number of hydrogen-bond donors (Lipinski definition) is 0. The minimum Gasteiger partial charge on any atom is -0.464 e. The minimum atomic E-state index is -0.592. The van der Waals surface area contributed by atoms with Gasteiger partial charge in [0.15, 0.2) is 16.7 Å². The molecule has 0 N–H and O–H groups in total. The molecule has 150 valence electrons. The first kappa shape index (κ1) is 21.2. The van der Waals surface area contributed by atoms with Crippen molar-refractivity contribution in [1.29, 1.82) is 0 Å². The van der Waals surface area contributed by atoms with Gasteiger partial charge in [-0.1, -0.05) is 18.5 Å². The van der Waals surface area contributed by atoms with Gasteiger partial charge in [0.25, 0.3) is 0 Å². The summed E-state index contributed by atoms with van der Waals surface area (Å²) in [4.78, 5) is 36.3. The van der Waals surface area contributed by atoms with Crippen LogP contribution in [0.25, 0.3) is 0 Å². The van der Waals surface area contributed by atoms with Crippen molar-refractivity contribution in [3.8, 4) is 0 Å². The van der Waals surface area contributed by atoms with Crippen LogP contribution < -0.4 is 4.90 Å². The maximum atomic E-state index is 12.6. The number of rotatable bonds is 3. The van der Waals surface area contributed by atoms with Gasteiger partial charge in [0.1, 0.15) is 5.60 Å². The lowest BCUT2D eigenvalue weighted by molar-refractivity contribution is 0.0105. The molecule has 1 aliphatic rings. The number of anilines is 1. The fraction of sp³-hybridized carbons (Fsp3) is 0.667. The van der Waals surface area contributed by atoms with Gasteiger partial charge in [0.2, 0.25) is 0 Å². The SMILES string of the molecule is CC[C@@H]1CN(c2ncc(C(=O)OC)nc2Cl)[C@H](C)CN1C(=O)OC(C)(C)C. The molecule has 27 heavy (non-hydrogen) atoms. The normalized spacial score (nSPS) is 20.4. The lowest BCUT2D eigenvalue weighted by atomic mass is 10.1. The number of amides is 1. The molecule has 0 spiro atoms. The van der Waals surface area contributed by atoms with Crippen molar-refractivity contribution in [1.82, 2.24) is 14.9 Å². The fourth-order valence-corrected chi connectivity index (χ4v) is 3.23. The highest BCUT2D eigenvalue weighted by Gasteiger charge is 2.37. The molecule has 1 amide bonds. The average Bonchev–Trinajstić information content (AvgIpc) is 2.59. The van der Waals surface area contributed by atoms with E-state index in [0.29, 0.717) is 18.9 Å². The second-order valence-corrected chi connectivity index (χ2v) is 7.92. The van der Waals surface area contributed by atoms with Gasteiger partial charge in [0, 0.05) is 19.1 Å². The molecule has 1 aromatic heterocycles. The second kappa shape index (κ2) is 8.29. The lowest BCUT2D eigenvalue weighted by Gasteiger charge is -2.45. The number of methoxy groups -OCH3 is 1. The van der Waals surface area contributed by atoms with Gasteiger partial charge in [-0.2, -0.15) is 0 Å². The van der Waals surface area contributed by atoms with E-state index in [0.717, 1.165) is 6.42 Å². The number of nitrogens with zero attached hydrogens (tertiary/aromatic N) is 4. The molecule has 2 rings (SSSR count). The zero-order valence-corrected chi connectivity index (χ0v) is 17.4. The summed E-state index contributed by atoms with van der Waals surface area (Å²) in [6, 6.07) is -0.0923. The van der Waals surface area contributed by atoms with Crippen LogP contribution in [0.4, 0.5) is 10.6 Å². The van der Waals surface area contributed by atoms with Crippen LogP contribution in [0.2, 0.25) is 5.15 Å². The van der Waals surface area contributed by atoms with Gasteiger partial charge in [-0.05, 0) is 34.1 Å². The Kier molecular flexibility index (Phi) is 6.51. The van der Waals surface area contributed by atoms with E-state index in [9.17, 15) is 9.59 Å². The van der Waals surface area contributed by atoms with Crippen LogP contribution in [0, 0.1) is 0 Å². The Morgan fingerprint density at radius 1 is 1.33 bits per heavy atom. The Hall–Kier alpha value is -2.09. The highest BCUT2D eigenvalue weighted by Crippen LogP contribution is 2.29. The van der Waals surface area contributed by atoms with Crippen molar-refractivity contribution in [2.24, 2.45) is 0 Å². The molecular formula is C18H27ClN4O4. The number of carbonyl (C=O) groups excluding carboxylic acids is 2. The predicted molar refractivity (Wildman–Crippen MR) is 102 cm³/mol. The number of aromatic nitrogens is 2. The van der Waals surface area contributed by atoms with Crippen LogP contribution in [-0.2, 0) is 9.47 Å². The largest absolute Gasteiger partial charge is 0.464 e. The maximum absolute atomic E-state index is 12.6. The molecule has 0 saturated carbocycles. The Labute approximate surface area is 164 Å². The quantitative estimate of drug-likeness (QED) is 0.723. The Morgan fingerprint density at radius 2 is 2.00 bits per heavy atom. The first-order valence-corrected chi connectivity index (χ1v) is 9.32. The standard InChI is InChI=1S/C18H27ClN4O4/c1-7-12-10-22(11(2)9-23(12)17(25)27-18(3,4)5)15-14(19)21-13(8-20-15)16(24)26-6/h8,11-12H,7,9-10H2,1-6H3/t11-,12-/m1/s1. The number of esters is 1. The first-order chi connectivity index (χ1) is 12.6. The Bertz CT molecular complexity index is 707. The molecule has 8 nitrogen and oxygen atoms in total. The van der Waals surface area contributed by atoms with Crippen molar-refractivity contribution in [3.63, 3.8) is 0 Å². The number of piperazine rings is 1. The van der Waals surface area contributed by atoms with Gasteiger partial charge in [0.05, 0.1) is 19.3 Å². The van der Waals surface area contributed by atoms with Crippen molar-refractivity contribution < 1.29 is 19.1 Å². The van der Waals surface area contributed by atoms with Gasteiger partial charge in [-0.15, -0.1) is 0 Å². The van der Waals surface area contributed by atoms with Crippen LogP contribution in [0.1, 0.15) is 51.5 Å². The Morgan fingerprint density at radius 3 is 2.52 bits per heavy atom. The van der Waals surface area contributed by atoms with Crippen LogP contribution in [0.15, 0.2) is 6.20 Å². The van der Waals surface area contributed by atoms with E-state index in [1.54, 1.807) is 4.90 Å². The molecule has 2 heterocycles. The summed E-state index contributed by atoms with van der Waals surface area (Å²) < 4.78 is 10.2. The molecule has 0 unspecified atom stereocenters. The number of hydrogen-bond acceptors (Lipinski definition) is 7. The third-order valence-corrected chi connectivity index (χ3v) is 4.57. The van der Waals surface area contributed by atoms with E-state index in [4.69, 9.17) is 16.3 Å². The van der Waals surface area contributed by atoms with Crippen LogP contribution in [0.5, 0.6) is 0 Å². The van der Waals surface area contributed by atoms with Crippen LogP contribution >= 0.6 is 11.6 Å². The van der Waals surface area contributed by atoms with Crippen molar-refractivity contribution in [3.05, 3.63) is 17.0 Å². The number of ether oxygens (including phenoxy) is 2. The smallest absolute Gasteiger partial charge is 0.410 e. The van der Waals surface area contributed by atoms with Crippen LogP contribution in [0.3, 0.4) is 0 Å². The first-order valence-electron chi connectivity index (χ1n) is 8.94. The summed E-state index contributed by atoms with van der Waals surface area (Å²) in [5, 5.41) is 0.130. The van der Waals surface area contributed by atoms with Gasteiger partial charge in [-0.25, -0.2) is 19.6 Å². The second-order valence-electron chi connectivity index (χ2n) is 7.56. The van der Waals surface area contributed by atoms with E-state index in [1.165, 1.54) is 13.3 Å². The molecule has 2 atom stereocenters. The van der Waals surface area contributed by atoms with Crippen molar-refractivity contribution in [2.75, 3.05) is 25.1 Å². The molecule has 1 aromatic rings. The maximum Gasteiger partial charge on any atom is 0.410 e. The fourth-order valence-electron chi connectivity index (χ4n) is 2.98. The molecule has 9 heteroatoms. The summed E-state index contributed by atoms with van der Waals surface area (Å²) in [5.74, 6) is -0.107. The summed E-state index contributed by atoms with van der Waals surface area (Å²) in [6.45, 7) is 10.6. The van der Waals surface area contributed by atoms with Crippen molar-refractivity contribution >= 4 is 29.5 Å². The molecule has 1 fully saturated rings. The summed E-state index contributed by atoms with van der Waals surface area (Å²) in [6.07, 6.45) is 1.79. The third-order valence-electron chi connectivity index (χ3n) is 4.32. The number of halogens is 1. The van der Waals surface area contributed by atoms with E-state index < -0.39 is 11.6 Å². The van der Waals surface area contributed by atoms with E-state index >= 15 is 0 Å². The molecule has 0 radical (unpaired) electrons. The molecule has 1 saturated heterocycles. The molecule has 0 aliphatic carbocycles. The third kappa shape index (κ3) is 5.00. The monoisotopic (exact) mass is 398 g/mol. The molecule has 0 bridgehead atoms. The van der Waals surface area contributed by atoms with Gasteiger partial charge >= 0.3 is 12.1 Å². The van der Waals surface area contributed by atoms with Gasteiger partial charge < -0.3 is 19.3 Å². The highest BCUT2D eigenvalue weighted by atomic mass is 35.5. The van der Waals surface area contributed by atoms with E-state index in [2.05, 4.69) is 14.7 Å². The van der Waals surface area contributed by atoms with Crippen LogP contribution in [-0.4, -0.2) is 64.8 Å². The summed E-state index contributed by atoms with van der Waals surface area (Å²) in [5.41, 5.74) is -0.493. The predicted octanol–water partition coefficient (Wildman–Crippen LogP) is 3.14. The minimum absolute atomic E-state index is 0.0453. The highest BCUT2D eigenvalue weighted by molar-refractivity contribution is 6.31. The summed E-state index contributed by atoms with van der Waals surface area (Å²) >= 11 is 6.28. The molecule has 0 aromatic carbocycles. The van der Waals surface area contributed by atoms with Gasteiger partial charge in [-0.3, -0.25) is 0 Å².